The lowest BCUT2D eigenvalue weighted by atomic mass is 9.75. The molecule has 2 aliphatic rings. The van der Waals surface area contributed by atoms with Gasteiger partial charge in [0, 0.05) is 5.92 Å². The Labute approximate surface area is 97.6 Å². The van der Waals surface area contributed by atoms with Crippen molar-refractivity contribution in [1.29, 1.82) is 0 Å². The van der Waals surface area contributed by atoms with Gasteiger partial charge in [0.25, 0.3) is 0 Å². The molecule has 2 rings (SSSR count). The molecule has 0 aromatic carbocycles. The molecule has 3 nitrogen and oxygen atoms in total. The van der Waals surface area contributed by atoms with Gasteiger partial charge in [-0.15, -0.1) is 0 Å². The molecule has 0 aromatic heterocycles. The van der Waals surface area contributed by atoms with Gasteiger partial charge in [-0.2, -0.15) is 0 Å². The van der Waals surface area contributed by atoms with E-state index in [9.17, 15) is 9.90 Å². The van der Waals surface area contributed by atoms with Crippen LogP contribution < -0.4 is 5.32 Å². The van der Waals surface area contributed by atoms with E-state index < -0.39 is 0 Å². The van der Waals surface area contributed by atoms with Crippen molar-refractivity contribution >= 4 is 5.91 Å². The third-order valence-corrected chi connectivity index (χ3v) is 4.58. The molecule has 1 amide bonds. The number of carbonyl (C=O) groups is 1. The molecule has 16 heavy (non-hydrogen) atoms. The van der Waals surface area contributed by atoms with E-state index >= 15 is 0 Å². The summed E-state index contributed by atoms with van der Waals surface area (Å²) in [5.41, 5.74) is -0.153. The number of nitrogens with one attached hydrogen (secondary N) is 1. The van der Waals surface area contributed by atoms with Gasteiger partial charge in [0.05, 0.1) is 12.1 Å². The number of aliphatic hydroxyl groups excluding tert-OH is 1. The van der Waals surface area contributed by atoms with E-state index in [0.717, 1.165) is 38.5 Å². The summed E-state index contributed by atoms with van der Waals surface area (Å²) >= 11 is 0. The quantitative estimate of drug-likeness (QED) is 0.770. The zero-order valence-electron chi connectivity index (χ0n) is 10.4. The SMILES string of the molecule is CC1(C)CCCC1C(=O)NC1(CO)CCC1. The maximum absolute atomic E-state index is 12.2. The molecule has 0 heterocycles. The molecular weight excluding hydrogens is 202 g/mol. The van der Waals surface area contributed by atoms with Crippen LogP contribution in [0.2, 0.25) is 0 Å². The van der Waals surface area contributed by atoms with Crippen LogP contribution in [-0.2, 0) is 4.79 Å². The fraction of sp³-hybridized carbons (Fsp3) is 0.923. The van der Waals surface area contributed by atoms with Gasteiger partial charge in [-0.1, -0.05) is 20.3 Å². The van der Waals surface area contributed by atoms with Crippen LogP contribution in [0.15, 0.2) is 0 Å². The molecule has 2 aliphatic carbocycles. The first kappa shape index (κ1) is 11.9. The number of amides is 1. The molecule has 92 valence electrons. The average molecular weight is 225 g/mol. The second-order valence-corrected chi connectivity index (χ2v) is 6.21. The van der Waals surface area contributed by atoms with Gasteiger partial charge < -0.3 is 10.4 Å². The summed E-state index contributed by atoms with van der Waals surface area (Å²) < 4.78 is 0. The second kappa shape index (κ2) is 4.02. The standard InChI is InChI=1S/C13H23NO2/c1-12(2)6-3-5-10(12)11(16)14-13(9-15)7-4-8-13/h10,15H,3-9H2,1-2H3,(H,14,16). The molecule has 3 heteroatoms. The van der Waals surface area contributed by atoms with Crippen molar-refractivity contribution < 1.29 is 9.90 Å². The molecule has 0 bridgehead atoms. The van der Waals surface area contributed by atoms with Gasteiger partial charge in [-0.25, -0.2) is 0 Å². The molecule has 1 atom stereocenters. The molecule has 2 saturated carbocycles. The van der Waals surface area contributed by atoms with E-state index in [1.54, 1.807) is 0 Å². The normalized spacial score (nSPS) is 30.8. The predicted molar refractivity (Wildman–Crippen MR) is 62.9 cm³/mol. The number of rotatable bonds is 3. The Morgan fingerprint density at radius 3 is 2.38 bits per heavy atom. The van der Waals surface area contributed by atoms with E-state index in [2.05, 4.69) is 19.2 Å². The first-order valence-electron chi connectivity index (χ1n) is 6.42. The predicted octanol–water partition coefficient (Wildman–Crippen LogP) is 1.84. The van der Waals surface area contributed by atoms with Crippen LogP contribution in [0.3, 0.4) is 0 Å². The molecule has 1 unspecified atom stereocenters. The van der Waals surface area contributed by atoms with Crippen molar-refractivity contribution in [2.75, 3.05) is 6.61 Å². The highest BCUT2D eigenvalue weighted by Gasteiger charge is 2.44. The van der Waals surface area contributed by atoms with Crippen LogP contribution in [-0.4, -0.2) is 23.2 Å². The summed E-state index contributed by atoms with van der Waals surface area (Å²) in [6.45, 7) is 4.44. The van der Waals surface area contributed by atoms with E-state index in [0.29, 0.717) is 0 Å². The fourth-order valence-electron chi connectivity index (χ4n) is 3.09. The minimum Gasteiger partial charge on any atom is -0.394 e. The third kappa shape index (κ3) is 1.97. The minimum absolute atomic E-state index is 0.0892. The van der Waals surface area contributed by atoms with Crippen LogP contribution >= 0.6 is 0 Å². The van der Waals surface area contributed by atoms with Crippen molar-refractivity contribution in [2.45, 2.75) is 57.9 Å². The summed E-state index contributed by atoms with van der Waals surface area (Å²) in [6.07, 6.45) is 6.27. The summed E-state index contributed by atoms with van der Waals surface area (Å²) in [7, 11) is 0. The van der Waals surface area contributed by atoms with Gasteiger partial charge in [0.1, 0.15) is 0 Å². The zero-order valence-corrected chi connectivity index (χ0v) is 10.4. The summed E-state index contributed by atoms with van der Waals surface area (Å²) in [6, 6.07) is 0. The number of hydrogen-bond donors (Lipinski definition) is 2. The van der Waals surface area contributed by atoms with Gasteiger partial charge in [0.15, 0.2) is 0 Å². The summed E-state index contributed by atoms with van der Waals surface area (Å²) in [4.78, 5) is 12.2. The lowest BCUT2D eigenvalue weighted by Crippen LogP contribution is -2.58. The van der Waals surface area contributed by atoms with Gasteiger partial charge in [-0.3, -0.25) is 4.79 Å². The van der Waals surface area contributed by atoms with Crippen molar-refractivity contribution in [2.24, 2.45) is 11.3 Å². The minimum atomic E-state index is -0.282. The average Bonchev–Trinajstić information content (AvgIpc) is 2.51. The van der Waals surface area contributed by atoms with Crippen molar-refractivity contribution in [3.05, 3.63) is 0 Å². The number of hydrogen-bond acceptors (Lipinski definition) is 2. The molecule has 2 N–H and O–H groups in total. The Kier molecular flexibility index (Phi) is 2.99. The van der Waals surface area contributed by atoms with Crippen molar-refractivity contribution in [3.63, 3.8) is 0 Å². The van der Waals surface area contributed by atoms with Gasteiger partial charge in [0.2, 0.25) is 5.91 Å². The van der Waals surface area contributed by atoms with E-state index in [4.69, 9.17) is 0 Å². The van der Waals surface area contributed by atoms with E-state index in [1.165, 1.54) is 0 Å². The van der Waals surface area contributed by atoms with Gasteiger partial charge in [-0.05, 0) is 37.5 Å². The molecular formula is C13H23NO2. The first-order chi connectivity index (χ1) is 7.49. The highest BCUT2D eigenvalue weighted by Crippen LogP contribution is 2.43. The maximum Gasteiger partial charge on any atom is 0.224 e. The molecule has 0 aromatic rings. The van der Waals surface area contributed by atoms with Crippen LogP contribution in [0.25, 0.3) is 0 Å². The topological polar surface area (TPSA) is 49.3 Å². The highest BCUT2D eigenvalue weighted by atomic mass is 16.3. The van der Waals surface area contributed by atoms with Gasteiger partial charge >= 0.3 is 0 Å². The maximum atomic E-state index is 12.2. The Bertz CT molecular complexity index is 276. The smallest absolute Gasteiger partial charge is 0.224 e. The van der Waals surface area contributed by atoms with Crippen LogP contribution in [0.4, 0.5) is 0 Å². The Morgan fingerprint density at radius 2 is 2.00 bits per heavy atom. The van der Waals surface area contributed by atoms with Crippen LogP contribution in [0.1, 0.15) is 52.4 Å². The summed E-state index contributed by atoms with van der Waals surface area (Å²) in [5.74, 6) is 0.299. The highest BCUT2D eigenvalue weighted by molar-refractivity contribution is 5.80. The van der Waals surface area contributed by atoms with E-state index in [-0.39, 0.29) is 29.4 Å². The zero-order chi connectivity index (χ0) is 11.8. The Balaban J connectivity index is 1.97. The molecule has 0 radical (unpaired) electrons. The third-order valence-electron chi connectivity index (χ3n) is 4.58. The summed E-state index contributed by atoms with van der Waals surface area (Å²) in [5, 5.41) is 12.4. The van der Waals surface area contributed by atoms with Crippen LogP contribution in [0, 0.1) is 11.3 Å². The fourth-order valence-corrected chi connectivity index (χ4v) is 3.09. The lowest BCUT2D eigenvalue weighted by Gasteiger charge is -2.42. The Hall–Kier alpha value is -0.570. The molecule has 2 fully saturated rings. The largest absolute Gasteiger partial charge is 0.394 e. The lowest BCUT2D eigenvalue weighted by molar-refractivity contribution is -0.131. The van der Waals surface area contributed by atoms with Crippen LogP contribution in [0.5, 0.6) is 0 Å². The monoisotopic (exact) mass is 225 g/mol. The van der Waals surface area contributed by atoms with Crippen molar-refractivity contribution in [3.8, 4) is 0 Å². The number of carbonyl (C=O) groups excluding carboxylic acids is 1. The molecule has 0 aliphatic heterocycles. The Morgan fingerprint density at radius 1 is 1.31 bits per heavy atom. The molecule has 0 saturated heterocycles. The van der Waals surface area contributed by atoms with E-state index in [1.807, 2.05) is 0 Å². The molecule has 0 spiro atoms. The second-order valence-electron chi connectivity index (χ2n) is 6.21. The van der Waals surface area contributed by atoms with Crippen molar-refractivity contribution in [1.82, 2.24) is 5.32 Å². The first-order valence-corrected chi connectivity index (χ1v) is 6.42. The number of aliphatic hydroxyl groups is 1.